The van der Waals surface area contributed by atoms with E-state index in [1.165, 1.54) is 11.3 Å². The summed E-state index contributed by atoms with van der Waals surface area (Å²) < 4.78 is 10.1. The van der Waals surface area contributed by atoms with Gasteiger partial charge in [-0.15, -0.1) is 11.3 Å². The topological polar surface area (TPSA) is 77.7 Å². The number of hydrogen-bond donors (Lipinski definition) is 1. The molecule has 1 aromatic heterocycles. The highest BCUT2D eigenvalue weighted by atomic mass is 32.1. The molecule has 1 unspecified atom stereocenters. The normalized spacial score (nSPS) is 12.4. The lowest BCUT2D eigenvalue weighted by Gasteiger charge is -2.28. The Bertz CT molecular complexity index is 397. The molecule has 1 amide bonds. The van der Waals surface area contributed by atoms with Crippen molar-refractivity contribution in [1.29, 1.82) is 0 Å². The van der Waals surface area contributed by atoms with Crippen molar-refractivity contribution in [2.75, 3.05) is 34.0 Å². The van der Waals surface area contributed by atoms with Crippen molar-refractivity contribution in [3.05, 3.63) is 16.1 Å². The van der Waals surface area contributed by atoms with E-state index >= 15 is 0 Å². The minimum absolute atomic E-state index is 0.0318. The fraction of sp³-hybridized carbons (Fsp3) is 0.667. The zero-order valence-electron chi connectivity index (χ0n) is 11.6. The van der Waals surface area contributed by atoms with Crippen molar-refractivity contribution in [1.82, 2.24) is 9.88 Å². The molecule has 108 valence electrons. The van der Waals surface area contributed by atoms with Crippen LogP contribution in [0.4, 0.5) is 0 Å². The summed E-state index contributed by atoms with van der Waals surface area (Å²) in [4.78, 5) is 18.3. The molecule has 7 heteroatoms. The lowest BCUT2D eigenvalue weighted by molar-refractivity contribution is 0.0475. The van der Waals surface area contributed by atoms with Crippen molar-refractivity contribution in [3.8, 4) is 0 Å². The summed E-state index contributed by atoms with van der Waals surface area (Å²) in [6.07, 6.45) is 0. The first-order chi connectivity index (χ1) is 9.13. The van der Waals surface area contributed by atoms with E-state index in [0.717, 1.165) is 5.01 Å². The highest BCUT2D eigenvalue weighted by Crippen LogP contribution is 2.13. The molecule has 0 aliphatic heterocycles. The van der Waals surface area contributed by atoms with Crippen LogP contribution in [0.15, 0.2) is 5.38 Å². The lowest BCUT2D eigenvalue weighted by Crippen LogP contribution is -2.43. The molecule has 0 saturated heterocycles. The maximum atomic E-state index is 12.4. The molecular weight excluding hydrogens is 266 g/mol. The third-order valence-electron chi connectivity index (χ3n) is 2.68. The summed E-state index contributed by atoms with van der Waals surface area (Å²) in [5.41, 5.74) is 5.94. The van der Waals surface area contributed by atoms with Gasteiger partial charge in [-0.2, -0.15) is 0 Å². The number of nitrogens with zero attached hydrogens (tertiary/aromatic N) is 2. The molecule has 0 aliphatic carbocycles. The fourth-order valence-electron chi connectivity index (χ4n) is 1.69. The van der Waals surface area contributed by atoms with Crippen LogP contribution in [0.1, 0.15) is 22.4 Å². The highest BCUT2D eigenvalue weighted by molar-refractivity contribution is 7.09. The molecule has 0 radical (unpaired) electrons. The Morgan fingerprint density at radius 1 is 1.53 bits per heavy atom. The predicted octanol–water partition coefficient (Wildman–Crippen LogP) is 0.725. The number of amides is 1. The molecule has 2 N–H and O–H groups in total. The van der Waals surface area contributed by atoms with E-state index in [0.29, 0.717) is 32.0 Å². The molecule has 0 spiro atoms. The van der Waals surface area contributed by atoms with Crippen molar-refractivity contribution in [2.24, 2.45) is 5.73 Å². The summed E-state index contributed by atoms with van der Waals surface area (Å²) in [6.45, 7) is 3.75. The van der Waals surface area contributed by atoms with Crippen LogP contribution in [-0.4, -0.2) is 55.8 Å². The number of methoxy groups -OCH3 is 2. The second-order valence-electron chi connectivity index (χ2n) is 4.13. The zero-order valence-corrected chi connectivity index (χ0v) is 12.4. The number of hydrogen-bond acceptors (Lipinski definition) is 6. The van der Waals surface area contributed by atoms with Crippen LogP contribution in [0.25, 0.3) is 0 Å². The van der Waals surface area contributed by atoms with E-state index in [-0.39, 0.29) is 11.9 Å². The standard InChI is InChI=1S/C12H21N3O3S/c1-9(7-18-3)15(4-5-17-2)12(16)10-8-19-11(6-13)14-10/h8-9H,4-7,13H2,1-3H3. The molecule has 1 aromatic rings. The second kappa shape index (κ2) is 8.21. The first-order valence-corrected chi connectivity index (χ1v) is 6.95. The number of carbonyl (C=O) groups excluding carboxylic acids is 1. The summed E-state index contributed by atoms with van der Waals surface area (Å²) in [6, 6.07) is -0.0318. The molecular formula is C12H21N3O3S. The molecule has 19 heavy (non-hydrogen) atoms. The molecule has 0 saturated carbocycles. The van der Waals surface area contributed by atoms with Crippen LogP contribution in [0.3, 0.4) is 0 Å². The quantitative estimate of drug-likeness (QED) is 0.762. The van der Waals surface area contributed by atoms with E-state index in [4.69, 9.17) is 15.2 Å². The molecule has 0 bridgehead atoms. The monoisotopic (exact) mass is 287 g/mol. The van der Waals surface area contributed by atoms with Gasteiger partial charge in [-0.3, -0.25) is 4.79 Å². The van der Waals surface area contributed by atoms with Crippen molar-refractivity contribution in [3.63, 3.8) is 0 Å². The highest BCUT2D eigenvalue weighted by Gasteiger charge is 2.23. The largest absolute Gasteiger partial charge is 0.383 e. The van der Waals surface area contributed by atoms with Crippen LogP contribution in [0, 0.1) is 0 Å². The van der Waals surface area contributed by atoms with E-state index < -0.39 is 0 Å². The maximum Gasteiger partial charge on any atom is 0.273 e. The Labute approximate surface area is 117 Å². The first kappa shape index (κ1) is 16.0. The van der Waals surface area contributed by atoms with Gasteiger partial charge in [0.2, 0.25) is 0 Å². The summed E-state index contributed by atoms with van der Waals surface area (Å²) in [5.74, 6) is -0.113. The van der Waals surface area contributed by atoms with E-state index in [2.05, 4.69) is 4.98 Å². The molecule has 0 aliphatic rings. The van der Waals surface area contributed by atoms with Crippen molar-refractivity contribution < 1.29 is 14.3 Å². The van der Waals surface area contributed by atoms with Gasteiger partial charge in [0.25, 0.3) is 5.91 Å². The maximum absolute atomic E-state index is 12.4. The van der Waals surface area contributed by atoms with Crippen LogP contribution in [0.2, 0.25) is 0 Å². The second-order valence-corrected chi connectivity index (χ2v) is 5.07. The average molecular weight is 287 g/mol. The van der Waals surface area contributed by atoms with Gasteiger partial charge in [-0.25, -0.2) is 4.98 Å². The Kier molecular flexibility index (Phi) is 6.93. The first-order valence-electron chi connectivity index (χ1n) is 6.07. The third-order valence-corrected chi connectivity index (χ3v) is 3.55. The summed E-state index contributed by atoms with van der Waals surface area (Å²) in [7, 11) is 3.23. The Morgan fingerprint density at radius 2 is 2.26 bits per heavy atom. The number of nitrogens with two attached hydrogens (primary N) is 1. The van der Waals surface area contributed by atoms with Gasteiger partial charge in [-0.05, 0) is 6.92 Å². The van der Waals surface area contributed by atoms with Gasteiger partial charge in [0.05, 0.1) is 19.3 Å². The molecule has 0 fully saturated rings. The van der Waals surface area contributed by atoms with E-state index in [1.807, 2.05) is 6.92 Å². The summed E-state index contributed by atoms with van der Waals surface area (Å²) in [5, 5.41) is 2.50. The molecule has 0 aromatic carbocycles. The van der Waals surface area contributed by atoms with Crippen LogP contribution < -0.4 is 5.73 Å². The zero-order chi connectivity index (χ0) is 14.3. The smallest absolute Gasteiger partial charge is 0.273 e. The van der Waals surface area contributed by atoms with Crippen LogP contribution >= 0.6 is 11.3 Å². The lowest BCUT2D eigenvalue weighted by atomic mass is 10.2. The van der Waals surface area contributed by atoms with Crippen molar-refractivity contribution in [2.45, 2.75) is 19.5 Å². The number of rotatable bonds is 8. The Balaban J connectivity index is 2.80. The summed E-state index contributed by atoms with van der Waals surface area (Å²) >= 11 is 1.40. The molecule has 6 nitrogen and oxygen atoms in total. The van der Waals surface area contributed by atoms with Gasteiger partial charge < -0.3 is 20.1 Å². The fourth-order valence-corrected chi connectivity index (χ4v) is 2.34. The third kappa shape index (κ3) is 4.54. The van der Waals surface area contributed by atoms with E-state index in [1.54, 1.807) is 24.5 Å². The van der Waals surface area contributed by atoms with Gasteiger partial charge in [0.15, 0.2) is 0 Å². The Morgan fingerprint density at radius 3 is 2.79 bits per heavy atom. The van der Waals surface area contributed by atoms with Gasteiger partial charge in [-0.1, -0.05) is 0 Å². The van der Waals surface area contributed by atoms with Crippen molar-refractivity contribution >= 4 is 17.2 Å². The SMILES string of the molecule is COCCN(C(=O)c1csc(CN)n1)C(C)COC. The van der Waals surface area contributed by atoms with Gasteiger partial charge in [0, 0.05) is 32.7 Å². The minimum atomic E-state index is -0.113. The van der Waals surface area contributed by atoms with Gasteiger partial charge >= 0.3 is 0 Å². The predicted molar refractivity (Wildman–Crippen MR) is 74.3 cm³/mol. The number of ether oxygens (including phenoxy) is 2. The molecule has 1 atom stereocenters. The number of thiazole rings is 1. The number of carbonyl (C=O) groups is 1. The Hall–Kier alpha value is -1.02. The number of aromatic nitrogens is 1. The average Bonchev–Trinajstić information content (AvgIpc) is 2.88. The minimum Gasteiger partial charge on any atom is -0.383 e. The van der Waals surface area contributed by atoms with E-state index in [9.17, 15) is 4.79 Å². The molecule has 1 heterocycles. The van der Waals surface area contributed by atoms with Crippen LogP contribution in [0.5, 0.6) is 0 Å². The molecule has 1 rings (SSSR count). The van der Waals surface area contributed by atoms with Gasteiger partial charge in [0.1, 0.15) is 10.7 Å². The van der Waals surface area contributed by atoms with Crippen LogP contribution in [-0.2, 0) is 16.0 Å².